The first-order valence-electron chi connectivity index (χ1n) is 12.1. The fraction of sp³-hybridized carbons (Fsp3) is 0.321. The van der Waals surface area contributed by atoms with Gasteiger partial charge in [0.15, 0.2) is 0 Å². The van der Waals surface area contributed by atoms with Gasteiger partial charge in [-0.3, -0.25) is 9.32 Å². The van der Waals surface area contributed by atoms with E-state index in [1.54, 1.807) is 12.1 Å². The summed E-state index contributed by atoms with van der Waals surface area (Å²) in [5.41, 5.74) is 3.60. The van der Waals surface area contributed by atoms with E-state index in [-0.39, 0.29) is 24.4 Å². The van der Waals surface area contributed by atoms with E-state index >= 15 is 0 Å². The highest BCUT2D eigenvalue weighted by atomic mass is 31.2. The van der Waals surface area contributed by atoms with Crippen molar-refractivity contribution in [1.82, 2.24) is 4.90 Å². The van der Waals surface area contributed by atoms with Gasteiger partial charge in [0, 0.05) is 18.4 Å². The third-order valence-electron chi connectivity index (χ3n) is 7.12. The molecule has 0 saturated carbocycles. The summed E-state index contributed by atoms with van der Waals surface area (Å²) >= 11 is 0. The average molecular weight is 512 g/mol. The van der Waals surface area contributed by atoms with Crippen molar-refractivity contribution in [2.45, 2.75) is 44.1 Å². The molecular weight excluding hydrogens is 480 g/mol. The standard InChI is InChI=1S/C28H31FNO5P/c1-21(22-8-10-23(11-9-22)24-12-14-26(29)15-13-24)30-18-17-28(20-27(30)31,25-6-3-2-4-7-25)16-5-19-35-36(32,33)34/h2-4,6-15,21H,5,16-20H2,1H3,(H2,32,33,34)/t21-,28+/m0/s1. The van der Waals surface area contributed by atoms with Crippen molar-refractivity contribution in [2.24, 2.45) is 0 Å². The van der Waals surface area contributed by atoms with E-state index in [1.165, 1.54) is 12.1 Å². The van der Waals surface area contributed by atoms with Crippen molar-refractivity contribution < 1.29 is 28.1 Å². The molecule has 2 N–H and O–H groups in total. The lowest BCUT2D eigenvalue weighted by atomic mass is 9.69. The lowest BCUT2D eigenvalue weighted by molar-refractivity contribution is -0.138. The number of halogens is 1. The maximum atomic E-state index is 13.4. The number of phosphoric ester groups is 1. The zero-order chi connectivity index (χ0) is 25.8. The van der Waals surface area contributed by atoms with E-state index in [0.29, 0.717) is 25.8 Å². The monoisotopic (exact) mass is 511 g/mol. The molecule has 1 amide bonds. The molecule has 2 atom stereocenters. The number of hydrogen-bond donors (Lipinski definition) is 2. The van der Waals surface area contributed by atoms with E-state index in [0.717, 1.165) is 28.7 Å². The molecule has 3 aromatic carbocycles. The van der Waals surface area contributed by atoms with Crippen LogP contribution in [0.25, 0.3) is 11.1 Å². The van der Waals surface area contributed by atoms with E-state index in [9.17, 15) is 13.8 Å². The minimum Gasteiger partial charge on any atom is -0.336 e. The molecule has 0 spiro atoms. The molecule has 0 aromatic heterocycles. The molecule has 0 aliphatic carbocycles. The van der Waals surface area contributed by atoms with Crippen LogP contribution >= 0.6 is 7.82 Å². The van der Waals surface area contributed by atoms with Gasteiger partial charge >= 0.3 is 7.82 Å². The first kappa shape index (κ1) is 26.2. The summed E-state index contributed by atoms with van der Waals surface area (Å²) in [4.78, 5) is 33.3. The number of phosphoric acid groups is 1. The molecule has 1 heterocycles. The predicted octanol–water partition coefficient (Wildman–Crippen LogP) is 6.00. The SMILES string of the molecule is C[C@@H](c1ccc(-c2ccc(F)cc2)cc1)N1CC[C@@](CCCOP(=O)(O)O)(c2ccccc2)CC1=O. The van der Waals surface area contributed by atoms with Crippen molar-refractivity contribution in [3.63, 3.8) is 0 Å². The third-order valence-corrected chi connectivity index (χ3v) is 7.64. The van der Waals surface area contributed by atoms with Crippen LogP contribution < -0.4 is 0 Å². The van der Waals surface area contributed by atoms with Crippen LogP contribution in [0.5, 0.6) is 0 Å². The van der Waals surface area contributed by atoms with Crippen LogP contribution in [0, 0.1) is 5.82 Å². The molecule has 0 unspecified atom stereocenters. The number of piperidine rings is 1. The minimum absolute atomic E-state index is 0.0520. The molecule has 1 aliphatic heterocycles. The van der Waals surface area contributed by atoms with Crippen molar-refractivity contribution in [3.05, 3.63) is 95.8 Å². The molecule has 8 heteroatoms. The fourth-order valence-corrected chi connectivity index (χ4v) is 5.48. The number of carbonyl (C=O) groups is 1. The van der Waals surface area contributed by atoms with Crippen molar-refractivity contribution in [3.8, 4) is 11.1 Å². The molecule has 0 radical (unpaired) electrons. The molecule has 1 aliphatic rings. The van der Waals surface area contributed by atoms with Crippen LogP contribution in [-0.4, -0.2) is 33.7 Å². The van der Waals surface area contributed by atoms with Crippen LogP contribution in [0.2, 0.25) is 0 Å². The maximum Gasteiger partial charge on any atom is 0.469 e. The molecule has 1 saturated heterocycles. The highest BCUT2D eigenvalue weighted by Crippen LogP contribution is 2.43. The van der Waals surface area contributed by atoms with Gasteiger partial charge in [-0.2, -0.15) is 0 Å². The lowest BCUT2D eigenvalue weighted by Gasteiger charge is -2.44. The molecule has 3 aromatic rings. The molecule has 1 fully saturated rings. The molecular formula is C28H31FNO5P. The maximum absolute atomic E-state index is 13.4. The number of nitrogens with zero attached hydrogens (tertiary/aromatic N) is 1. The molecule has 4 rings (SSSR count). The van der Waals surface area contributed by atoms with Crippen LogP contribution in [-0.2, 0) is 19.3 Å². The van der Waals surface area contributed by atoms with E-state index < -0.39 is 13.2 Å². The van der Waals surface area contributed by atoms with Gasteiger partial charge in [0.2, 0.25) is 5.91 Å². The number of carbonyl (C=O) groups excluding carboxylic acids is 1. The quantitative estimate of drug-likeness (QED) is 0.272. The Kier molecular flexibility index (Phi) is 8.06. The second-order valence-electron chi connectivity index (χ2n) is 9.39. The van der Waals surface area contributed by atoms with Gasteiger partial charge in [-0.1, -0.05) is 66.7 Å². The Bertz CT molecular complexity index is 1210. The fourth-order valence-electron chi connectivity index (χ4n) is 5.11. The van der Waals surface area contributed by atoms with Gasteiger partial charge in [0.05, 0.1) is 12.6 Å². The highest BCUT2D eigenvalue weighted by molar-refractivity contribution is 7.46. The van der Waals surface area contributed by atoms with Gasteiger partial charge in [-0.15, -0.1) is 0 Å². The van der Waals surface area contributed by atoms with Crippen molar-refractivity contribution in [2.75, 3.05) is 13.2 Å². The van der Waals surface area contributed by atoms with E-state index in [1.807, 2.05) is 66.4 Å². The Morgan fingerprint density at radius 1 is 1.00 bits per heavy atom. The average Bonchev–Trinajstić information content (AvgIpc) is 2.87. The molecule has 6 nitrogen and oxygen atoms in total. The number of hydrogen-bond acceptors (Lipinski definition) is 3. The number of benzene rings is 3. The molecule has 0 bridgehead atoms. The Hall–Kier alpha value is -2.83. The van der Waals surface area contributed by atoms with Crippen LogP contribution in [0.4, 0.5) is 4.39 Å². The summed E-state index contributed by atoms with van der Waals surface area (Å²) in [5, 5.41) is 0. The first-order valence-corrected chi connectivity index (χ1v) is 13.6. The highest BCUT2D eigenvalue weighted by Gasteiger charge is 2.41. The second kappa shape index (κ2) is 11.1. The van der Waals surface area contributed by atoms with Gasteiger partial charge in [-0.25, -0.2) is 8.96 Å². The summed E-state index contributed by atoms with van der Waals surface area (Å²) in [5.74, 6) is -0.218. The van der Waals surface area contributed by atoms with Gasteiger partial charge in [-0.05, 0) is 60.6 Å². The Morgan fingerprint density at radius 3 is 2.19 bits per heavy atom. The summed E-state index contributed by atoms with van der Waals surface area (Å²) in [6.45, 7) is 2.54. The Morgan fingerprint density at radius 2 is 1.61 bits per heavy atom. The summed E-state index contributed by atoms with van der Waals surface area (Å²) in [7, 11) is -4.52. The van der Waals surface area contributed by atoms with Gasteiger partial charge in [0.25, 0.3) is 0 Å². The zero-order valence-electron chi connectivity index (χ0n) is 20.2. The Balaban J connectivity index is 1.47. The van der Waals surface area contributed by atoms with Crippen molar-refractivity contribution >= 4 is 13.7 Å². The van der Waals surface area contributed by atoms with Gasteiger partial charge in [0.1, 0.15) is 5.82 Å². The zero-order valence-corrected chi connectivity index (χ0v) is 21.1. The number of rotatable bonds is 9. The van der Waals surface area contributed by atoms with E-state index in [4.69, 9.17) is 9.79 Å². The molecule has 36 heavy (non-hydrogen) atoms. The summed E-state index contributed by atoms with van der Waals surface area (Å²) in [6.07, 6.45) is 2.10. The first-order chi connectivity index (χ1) is 17.2. The van der Waals surface area contributed by atoms with Crippen LogP contribution in [0.3, 0.4) is 0 Å². The third kappa shape index (κ3) is 6.29. The second-order valence-corrected chi connectivity index (χ2v) is 10.6. The van der Waals surface area contributed by atoms with E-state index in [2.05, 4.69) is 4.52 Å². The normalized spacial score (nSPS) is 19.3. The number of amides is 1. The van der Waals surface area contributed by atoms with Gasteiger partial charge < -0.3 is 14.7 Å². The molecule has 190 valence electrons. The smallest absolute Gasteiger partial charge is 0.336 e. The number of likely N-dealkylation sites (tertiary alicyclic amines) is 1. The largest absolute Gasteiger partial charge is 0.469 e. The topological polar surface area (TPSA) is 87.1 Å². The lowest BCUT2D eigenvalue weighted by Crippen LogP contribution is -2.47. The van der Waals surface area contributed by atoms with Crippen molar-refractivity contribution in [1.29, 1.82) is 0 Å². The predicted molar refractivity (Wildman–Crippen MR) is 137 cm³/mol. The summed E-state index contributed by atoms with van der Waals surface area (Å²) in [6, 6.07) is 24.1. The van der Waals surface area contributed by atoms with Crippen LogP contribution in [0.15, 0.2) is 78.9 Å². The van der Waals surface area contributed by atoms with Crippen LogP contribution in [0.1, 0.15) is 49.8 Å². The summed E-state index contributed by atoms with van der Waals surface area (Å²) < 4.78 is 28.9. The minimum atomic E-state index is -4.52. The Labute approximate surface area is 211 Å².